The van der Waals surface area contributed by atoms with E-state index in [0.29, 0.717) is 6.54 Å². The zero-order chi connectivity index (χ0) is 18.2. The third-order valence-electron chi connectivity index (χ3n) is 4.42. The maximum atomic E-state index is 10.2. The van der Waals surface area contributed by atoms with Gasteiger partial charge in [-0.25, -0.2) is 10.9 Å². The number of β-amino-alcohol motifs (C(OH)–C–C–N with tert-alkyl or cyclic N) is 1. The molecule has 6 nitrogen and oxygen atoms in total. The van der Waals surface area contributed by atoms with E-state index in [1.165, 1.54) is 5.56 Å². The topological polar surface area (TPSA) is 66.0 Å². The number of aliphatic hydroxyl groups is 1. The fourth-order valence-corrected chi connectivity index (χ4v) is 3.02. The molecule has 1 atom stereocenters. The molecule has 1 heterocycles. The van der Waals surface area contributed by atoms with Crippen molar-refractivity contribution in [3.8, 4) is 11.5 Å². The first-order valence-electron chi connectivity index (χ1n) is 8.94. The van der Waals surface area contributed by atoms with Crippen molar-refractivity contribution in [1.29, 1.82) is 0 Å². The molecule has 3 N–H and O–H groups in total. The number of rotatable bonds is 9. The fourth-order valence-electron chi connectivity index (χ4n) is 3.02. The van der Waals surface area contributed by atoms with E-state index in [1.54, 1.807) is 7.11 Å². The lowest BCUT2D eigenvalue weighted by atomic mass is 10.0. The lowest BCUT2D eigenvalue weighted by molar-refractivity contribution is 0.0744. The molecule has 0 aromatic heterocycles. The quantitative estimate of drug-likeness (QED) is 0.633. The van der Waals surface area contributed by atoms with Crippen molar-refractivity contribution in [2.24, 2.45) is 0 Å². The lowest BCUT2D eigenvalue weighted by Crippen LogP contribution is -2.35. The van der Waals surface area contributed by atoms with Gasteiger partial charge < -0.3 is 14.6 Å². The van der Waals surface area contributed by atoms with E-state index in [1.807, 2.05) is 30.3 Å². The number of methoxy groups -OCH3 is 1. The highest BCUT2D eigenvalue weighted by atomic mass is 16.5. The highest BCUT2D eigenvalue weighted by molar-refractivity contribution is 5.35. The van der Waals surface area contributed by atoms with Crippen LogP contribution in [-0.4, -0.2) is 49.7 Å². The molecular weight excluding hydrogens is 330 g/mol. The van der Waals surface area contributed by atoms with E-state index in [9.17, 15) is 5.11 Å². The van der Waals surface area contributed by atoms with Gasteiger partial charge in [-0.3, -0.25) is 4.90 Å². The molecule has 1 saturated heterocycles. The predicted molar refractivity (Wildman–Crippen MR) is 101 cm³/mol. The Morgan fingerprint density at radius 3 is 2.69 bits per heavy atom. The number of hydrogen-bond acceptors (Lipinski definition) is 6. The zero-order valence-corrected chi connectivity index (χ0v) is 15.1. The molecule has 2 aromatic carbocycles. The molecular formula is C20H27N3O3. The molecule has 1 fully saturated rings. The van der Waals surface area contributed by atoms with Gasteiger partial charge in [-0.2, -0.15) is 0 Å². The molecule has 26 heavy (non-hydrogen) atoms. The monoisotopic (exact) mass is 357 g/mol. The normalized spacial score (nSPS) is 15.8. The Morgan fingerprint density at radius 1 is 1.08 bits per heavy atom. The van der Waals surface area contributed by atoms with Crippen molar-refractivity contribution in [3.05, 3.63) is 59.7 Å². The summed E-state index contributed by atoms with van der Waals surface area (Å²) < 4.78 is 11.2. The van der Waals surface area contributed by atoms with Crippen molar-refractivity contribution in [1.82, 2.24) is 15.8 Å². The summed E-state index contributed by atoms with van der Waals surface area (Å²) in [7, 11) is 1.68. The SMILES string of the molecule is COc1cccc(CCc2ccccc2OC[C@H](O)CN2CNNC2)c1. The van der Waals surface area contributed by atoms with Crippen molar-refractivity contribution >= 4 is 0 Å². The molecule has 1 aliphatic rings. The predicted octanol–water partition coefficient (Wildman–Crippen LogP) is 1.54. The summed E-state index contributed by atoms with van der Waals surface area (Å²) in [6, 6.07) is 16.2. The minimum absolute atomic E-state index is 0.284. The maximum Gasteiger partial charge on any atom is 0.122 e. The van der Waals surface area contributed by atoms with Crippen LogP contribution in [0.25, 0.3) is 0 Å². The van der Waals surface area contributed by atoms with Crippen LogP contribution in [0.15, 0.2) is 48.5 Å². The number of nitrogens with one attached hydrogen (secondary N) is 2. The number of nitrogens with zero attached hydrogens (tertiary/aromatic N) is 1. The molecule has 6 heteroatoms. The highest BCUT2D eigenvalue weighted by Gasteiger charge is 2.16. The summed E-state index contributed by atoms with van der Waals surface area (Å²) in [5.41, 5.74) is 8.41. The van der Waals surface area contributed by atoms with Gasteiger partial charge in [-0.1, -0.05) is 30.3 Å². The summed E-state index contributed by atoms with van der Waals surface area (Å²) in [4.78, 5) is 2.09. The molecule has 0 radical (unpaired) electrons. The van der Waals surface area contributed by atoms with E-state index in [4.69, 9.17) is 9.47 Å². The molecule has 140 valence electrons. The fraction of sp³-hybridized carbons (Fsp3) is 0.400. The van der Waals surface area contributed by atoms with Crippen molar-refractivity contribution in [3.63, 3.8) is 0 Å². The Kier molecular flexibility index (Phi) is 6.85. The van der Waals surface area contributed by atoms with Crippen LogP contribution in [0.2, 0.25) is 0 Å². The average Bonchev–Trinajstić information content (AvgIpc) is 3.18. The first-order chi connectivity index (χ1) is 12.7. The van der Waals surface area contributed by atoms with E-state index >= 15 is 0 Å². The Morgan fingerprint density at radius 2 is 1.88 bits per heavy atom. The van der Waals surface area contributed by atoms with Crippen LogP contribution < -0.4 is 20.3 Å². The van der Waals surface area contributed by atoms with Crippen LogP contribution in [0, 0.1) is 0 Å². The second-order valence-corrected chi connectivity index (χ2v) is 6.45. The minimum Gasteiger partial charge on any atom is -0.497 e. The molecule has 0 spiro atoms. The third-order valence-corrected chi connectivity index (χ3v) is 4.42. The number of hydrazine groups is 1. The minimum atomic E-state index is -0.525. The molecule has 0 amide bonds. The number of para-hydroxylation sites is 1. The maximum absolute atomic E-state index is 10.2. The highest BCUT2D eigenvalue weighted by Crippen LogP contribution is 2.21. The third kappa shape index (κ3) is 5.44. The van der Waals surface area contributed by atoms with Gasteiger partial charge in [0.25, 0.3) is 0 Å². The number of aryl methyl sites for hydroxylation is 2. The number of aliphatic hydroxyl groups excluding tert-OH is 1. The van der Waals surface area contributed by atoms with Crippen LogP contribution in [-0.2, 0) is 12.8 Å². The Hall–Kier alpha value is -2.12. The summed E-state index contributed by atoms with van der Waals surface area (Å²) in [6.45, 7) is 2.32. The largest absolute Gasteiger partial charge is 0.497 e. The molecule has 3 rings (SSSR count). The zero-order valence-electron chi connectivity index (χ0n) is 15.1. The average molecular weight is 357 g/mol. The molecule has 0 unspecified atom stereocenters. The Labute approximate surface area is 154 Å². The first-order valence-corrected chi connectivity index (χ1v) is 8.94. The second-order valence-electron chi connectivity index (χ2n) is 6.45. The summed E-state index contributed by atoms with van der Waals surface area (Å²) in [6.07, 6.45) is 1.26. The molecule has 2 aromatic rings. The van der Waals surface area contributed by atoms with Gasteiger partial charge in [0.15, 0.2) is 0 Å². The smallest absolute Gasteiger partial charge is 0.122 e. The van der Waals surface area contributed by atoms with Gasteiger partial charge in [-0.05, 0) is 42.2 Å². The molecule has 0 aliphatic carbocycles. The Balaban J connectivity index is 1.53. The van der Waals surface area contributed by atoms with Crippen molar-refractivity contribution < 1.29 is 14.6 Å². The van der Waals surface area contributed by atoms with Crippen molar-refractivity contribution in [2.75, 3.05) is 33.6 Å². The molecule has 0 bridgehead atoms. The lowest BCUT2D eigenvalue weighted by Gasteiger charge is -2.19. The standard InChI is InChI=1S/C20H27N3O3/c1-25-19-7-4-5-16(11-19)9-10-17-6-2-3-8-20(17)26-13-18(24)12-23-14-21-22-15-23/h2-8,11,18,21-22,24H,9-10,12-15H2,1H3/t18-/m1/s1. The first kappa shape index (κ1) is 18.7. The van der Waals surface area contributed by atoms with Gasteiger partial charge in [-0.15, -0.1) is 0 Å². The van der Waals surface area contributed by atoms with E-state index < -0.39 is 6.10 Å². The van der Waals surface area contributed by atoms with Gasteiger partial charge in [0, 0.05) is 6.54 Å². The van der Waals surface area contributed by atoms with E-state index in [2.05, 4.69) is 34.0 Å². The van der Waals surface area contributed by atoms with Gasteiger partial charge >= 0.3 is 0 Å². The van der Waals surface area contributed by atoms with Gasteiger partial charge in [0.1, 0.15) is 24.2 Å². The van der Waals surface area contributed by atoms with E-state index in [0.717, 1.165) is 43.2 Å². The second kappa shape index (κ2) is 9.54. The van der Waals surface area contributed by atoms with Crippen molar-refractivity contribution in [2.45, 2.75) is 18.9 Å². The Bertz CT molecular complexity index is 690. The van der Waals surface area contributed by atoms with Crippen LogP contribution in [0.1, 0.15) is 11.1 Å². The van der Waals surface area contributed by atoms with Crippen LogP contribution in [0.4, 0.5) is 0 Å². The van der Waals surface area contributed by atoms with Crippen LogP contribution >= 0.6 is 0 Å². The molecule has 0 saturated carbocycles. The van der Waals surface area contributed by atoms with Crippen LogP contribution in [0.3, 0.4) is 0 Å². The van der Waals surface area contributed by atoms with Gasteiger partial charge in [0.2, 0.25) is 0 Å². The summed E-state index contributed by atoms with van der Waals surface area (Å²) in [5, 5.41) is 10.2. The molecule has 1 aliphatic heterocycles. The number of hydrogen-bond donors (Lipinski definition) is 3. The van der Waals surface area contributed by atoms with Crippen LogP contribution in [0.5, 0.6) is 11.5 Å². The summed E-state index contributed by atoms with van der Waals surface area (Å²) in [5.74, 6) is 1.72. The number of benzene rings is 2. The summed E-state index contributed by atoms with van der Waals surface area (Å²) >= 11 is 0. The van der Waals surface area contributed by atoms with Gasteiger partial charge in [0.05, 0.1) is 20.4 Å². The van der Waals surface area contributed by atoms with E-state index in [-0.39, 0.29) is 6.61 Å². The number of ether oxygens (including phenoxy) is 2.